The van der Waals surface area contributed by atoms with Crippen LogP contribution < -0.4 is 5.32 Å². The van der Waals surface area contributed by atoms with E-state index in [2.05, 4.69) is 19.2 Å². The first-order valence-corrected chi connectivity index (χ1v) is 4.31. The molecule has 0 fully saturated rings. The van der Waals surface area contributed by atoms with E-state index in [0.717, 1.165) is 6.42 Å². The van der Waals surface area contributed by atoms with Gasteiger partial charge in [0.05, 0.1) is 0 Å². The van der Waals surface area contributed by atoms with Crippen LogP contribution in [0.15, 0.2) is 0 Å². The second kappa shape index (κ2) is 7.07. The molecule has 0 aliphatic rings. The van der Waals surface area contributed by atoms with Crippen LogP contribution in [0.2, 0.25) is 0 Å². The molecule has 0 aliphatic carbocycles. The lowest BCUT2D eigenvalue weighted by atomic mass is 10.1. The summed E-state index contributed by atoms with van der Waals surface area (Å²) in [5.74, 6) is 0. The third-order valence-corrected chi connectivity index (χ3v) is 1.91. The van der Waals surface area contributed by atoms with Crippen molar-refractivity contribution in [2.24, 2.45) is 0 Å². The van der Waals surface area contributed by atoms with Gasteiger partial charge >= 0.3 is 0 Å². The average Bonchev–Trinajstić information content (AvgIpc) is 1.99. The zero-order valence-corrected chi connectivity index (χ0v) is 7.32. The molecule has 61 valence electrons. The number of nitrogens with one attached hydrogen (secondary N) is 1. The van der Waals surface area contributed by atoms with E-state index in [4.69, 9.17) is 0 Å². The Morgan fingerprint density at radius 2 is 2.10 bits per heavy atom. The summed E-state index contributed by atoms with van der Waals surface area (Å²) in [5, 5.41) is 3.25. The molecule has 0 saturated heterocycles. The number of rotatable bonds is 6. The van der Waals surface area contributed by atoms with Crippen molar-refractivity contribution in [3.8, 4) is 0 Å². The highest BCUT2D eigenvalue weighted by molar-refractivity contribution is 4.64. The highest BCUT2D eigenvalue weighted by atomic mass is 14.9. The summed E-state index contributed by atoms with van der Waals surface area (Å²) in [6.07, 6.45) is 6.32. The maximum atomic E-state index is 3.87. The molecule has 0 rings (SSSR count). The van der Waals surface area contributed by atoms with Crippen molar-refractivity contribution in [2.45, 2.75) is 45.1 Å². The first kappa shape index (κ1) is 9.96. The molecule has 0 aromatic carbocycles. The summed E-state index contributed by atoms with van der Waals surface area (Å²) in [7, 11) is 2.02. The third-order valence-electron chi connectivity index (χ3n) is 1.91. The van der Waals surface area contributed by atoms with E-state index in [1.165, 1.54) is 25.7 Å². The summed E-state index contributed by atoms with van der Waals surface area (Å²) in [4.78, 5) is 0. The smallest absolute Gasteiger partial charge is 0.00640 e. The molecule has 10 heavy (non-hydrogen) atoms. The van der Waals surface area contributed by atoms with Gasteiger partial charge < -0.3 is 5.32 Å². The molecule has 1 heteroatoms. The Morgan fingerprint density at radius 1 is 1.40 bits per heavy atom. The summed E-state index contributed by atoms with van der Waals surface area (Å²) in [5.41, 5.74) is 0. The highest BCUT2D eigenvalue weighted by Crippen LogP contribution is 2.04. The Hall–Kier alpha value is -0.0400. The summed E-state index contributed by atoms with van der Waals surface area (Å²) in [6.45, 7) is 6.11. The zero-order chi connectivity index (χ0) is 7.82. The number of hydrogen-bond acceptors (Lipinski definition) is 1. The van der Waals surface area contributed by atoms with Crippen LogP contribution in [0.1, 0.15) is 39.0 Å². The fourth-order valence-corrected chi connectivity index (χ4v) is 1.07. The molecule has 0 aromatic heterocycles. The second-order valence-corrected chi connectivity index (χ2v) is 2.77. The summed E-state index contributed by atoms with van der Waals surface area (Å²) < 4.78 is 0. The Kier molecular flexibility index (Phi) is 7.04. The first-order chi connectivity index (χ1) is 4.85. The first-order valence-electron chi connectivity index (χ1n) is 4.31. The molecule has 1 radical (unpaired) electrons. The van der Waals surface area contributed by atoms with Gasteiger partial charge in [0, 0.05) is 6.04 Å². The van der Waals surface area contributed by atoms with Gasteiger partial charge in [0.25, 0.3) is 0 Å². The predicted molar refractivity (Wildman–Crippen MR) is 47.0 cm³/mol. The molecular formula is C9H20N. The van der Waals surface area contributed by atoms with Crippen LogP contribution in [0.4, 0.5) is 0 Å². The van der Waals surface area contributed by atoms with Gasteiger partial charge in [-0.3, -0.25) is 0 Å². The van der Waals surface area contributed by atoms with Crippen molar-refractivity contribution >= 4 is 0 Å². The minimum Gasteiger partial charge on any atom is -0.317 e. The van der Waals surface area contributed by atoms with Gasteiger partial charge in [-0.2, -0.15) is 0 Å². The average molecular weight is 142 g/mol. The van der Waals surface area contributed by atoms with Crippen LogP contribution in [0.3, 0.4) is 0 Å². The highest BCUT2D eigenvalue weighted by Gasteiger charge is 2.00. The van der Waals surface area contributed by atoms with Gasteiger partial charge in [-0.05, 0) is 19.9 Å². The molecule has 0 aromatic rings. The molecule has 0 bridgehead atoms. The van der Waals surface area contributed by atoms with E-state index in [1.54, 1.807) is 0 Å². The van der Waals surface area contributed by atoms with Crippen LogP contribution in [0, 0.1) is 6.92 Å². The Morgan fingerprint density at radius 3 is 2.50 bits per heavy atom. The molecule has 0 saturated carbocycles. The van der Waals surface area contributed by atoms with E-state index in [9.17, 15) is 0 Å². The van der Waals surface area contributed by atoms with Crippen LogP contribution in [-0.4, -0.2) is 13.1 Å². The monoisotopic (exact) mass is 142 g/mol. The fourth-order valence-electron chi connectivity index (χ4n) is 1.07. The molecule has 0 heterocycles. The van der Waals surface area contributed by atoms with Crippen LogP contribution in [-0.2, 0) is 0 Å². The SMILES string of the molecule is [CH2]CC(CCCCC)NC. The Labute approximate surface area is 65.2 Å². The minimum absolute atomic E-state index is 0.645. The van der Waals surface area contributed by atoms with E-state index in [1.807, 2.05) is 7.05 Å². The van der Waals surface area contributed by atoms with E-state index >= 15 is 0 Å². The lowest BCUT2D eigenvalue weighted by Crippen LogP contribution is -2.23. The number of unbranched alkanes of at least 4 members (excludes halogenated alkanes) is 2. The van der Waals surface area contributed by atoms with Gasteiger partial charge in [-0.1, -0.05) is 33.1 Å². The van der Waals surface area contributed by atoms with Gasteiger partial charge in [-0.15, -0.1) is 0 Å². The van der Waals surface area contributed by atoms with Crippen molar-refractivity contribution in [1.29, 1.82) is 0 Å². The second-order valence-electron chi connectivity index (χ2n) is 2.77. The fraction of sp³-hybridized carbons (Fsp3) is 0.889. The molecule has 0 spiro atoms. The van der Waals surface area contributed by atoms with Crippen LogP contribution in [0.25, 0.3) is 0 Å². The molecule has 1 unspecified atom stereocenters. The predicted octanol–water partition coefficient (Wildman–Crippen LogP) is 2.38. The molecular weight excluding hydrogens is 122 g/mol. The van der Waals surface area contributed by atoms with Crippen molar-refractivity contribution in [1.82, 2.24) is 5.32 Å². The van der Waals surface area contributed by atoms with Gasteiger partial charge in [-0.25, -0.2) is 0 Å². The third kappa shape index (κ3) is 4.80. The van der Waals surface area contributed by atoms with E-state index in [-0.39, 0.29) is 0 Å². The summed E-state index contributed by atoms with van der Waals surface area (Å²) in [6, 6.07) is 0.645. The van der Waals surface area contributed by atoms with Gasteiger partial charge in [0.2, 0.25) is 0 Å². The number of hydrogen-bond donors (Lipinski definition) is 1. The zero-order valence-electron chi connectivity index (χ0n) is 7.32. The Bertz CT molecular complexity index is 57.7. The van der Waals surface area contributed by atoms with Gasteiger partial charge in [0.15, 0.2) is 0 Å². The van der Waals surface area contributed by atoms with E-state index < -0.39 is 0 Å². The molecule has 1 nitrogen and oxygen atoms in total. The maximum Gasteiger partial charge on any atom is 0.00640 e. The molecule has 0 aliphatic heterocycles. The van der Waals surface area contributed by atoms with Gasteiger partial charge in [0.1, 0.15) is 0 Å². The van der Waals surface area contributed by atoms with Crippen molar-refractivity contribution in [3.63, 3.8) is 0 Å². The van der Waals surface area contributed by atoms with Crippen LogP contribution in [0.5, 0.6) is 0 Å². The molecule has 1 N–H and O–H groups in total. The quantitative estimate of drug-likeness (QED) is 0.561. The maximum absolute atomic E-state index is 3.87. The van der Waals surface area contributed by atoms with Crippen molar-refractivity contribution < 1.29 is 0 Å². The Balaban J connectivity index is 3.09. The van der Waals surface area contributed by atoms with Crippen molar-refractivity contribution in [2.75, 3.05) is 7.05 Å². The lowest BCUT2D eigenvalue weighted by molar-refractivity contribution is 0.495. The standard InChI is InChI=1S/C9H20N/c1-4-6-7-8-9(5-2)10-3/h9-10H,2,4-8H2,1,3H3. The molecule has 0 amide bonds. The largest absolute Gasteiger partial charge is 0.317 e. The normalized spacial score (nSPS) is 13.5. The van der Waals surface area contributed by atoms with E-state index in [0.29, 0.717) is 6.04 Å². The van der Waals surface area contributed by atoms with Crippen molar-refractivity contribution in [3.05, 3.63) is 6.92 Å². The molecule has 1 atom stereocenters. The summed E-state index contributed by atoms with van der Waals surface area (Å²) >= 11 is 0. The topological polar surface area (TPSA) is 12.0 Å². The minimum atomic E-state index is 0.645. The van der Waals surface area contributed by atoms with Crippen LogP contribution >= 0.6 is 0 Å². The lowest BCUT2D eigenvalue weighted by Gasteiger charge is -2.12.